The average molecular weight is 244 g/mol. The Morgan fingerprint density at radius 1 is 1.38 bits per heavy atom. The van der Waals surface area contributed by atoms with Crippen LogP contribution in [0.15, 0.2) is 0 Å². The van der Waals surface area contributed by atoms with E-state index in [2.05, 4.69) is 56.6 Å². The maximum atomic E-state index is 3.58. The summed E-state index contributed by atoms with van der Waals surface area (Å²) in [6, 6.07) is 2.03. The summed E-state index contributed by atoms with van der Waals surface area (Å²) in [6.07, 6.45) is 1.25. The van der Waals surface area contributed by atoms with E-state index >= 15 is 0 Å². The van der Waals surface area contributed by atoms with Gasteiger partial charge in [-0.25, -0.2) is 0 Å². The lowest BCUT2D eigenvalue weighted by Crippen LogP contribution is -2.53. The predicted molar refractivity (Wildman–Crippen MR) is 75.3 cm³/mol. The van der Waals surface area contributed by atoms with Gasteiger partial charge in [0.25, 0.3) is 0 Å². The minimum absolute atomic E-state index is 0.598. The Kier molecular flexibility index (Phi) is 6.16. The smallest absolute Gasteiger partial charge is 0.0221 e. The molecule has 16 heavy (non-hydrogen) atoms. The van der Waals surface area contributed by atoms with E-state index in [1.54, 1.807) is 0 Å². The molecule has 1 rings (SSSR count). The monoisotopic (exact) mass is 244 g/mol. The molecule has 0 saturated carbocycles. The van der Waals surface area contributed by atoms with E-state index in [1.165, 1.54) is 18.7 Å². The molecule has 0 aromatic heterocycles. The van der Waals surface area contributed by atoms with Crippen molar-refractivity contribution < 1.29 is 0 Å². The highest BCUT2D eigenvalue weighted by atomic mass is 32.2. The Morgan fingerprint density at radius 3 is 2.62 bits per heavy atom. The van der Waals surface area contributed by atoms with Gasteiger partial charge in [0, 0.05) is 42.2 Å². The fourth-order valence-electron chi connectivity index (χ4n) is 2.34. The van der Waals surface area contributed by atoms with Crippen molar-refractivity contribution >= 4 is 11.8 Å². The molecule has 3 atom stereocenters. The van der Waals surface area contributed by atoms with Gasteiger partial charge in [-0.3, -0.25) is 4.90 Å². The number of thioether (sulfide) groups is 1. The van der Waals surface area contributed by atoms with Crippen LogP contribution in [0.25, 0.3) is 0 Å². The Bertz CT molecular complexity index is 196. The van der Waals surface area contributed by atoms with Crippen LogP contribution in [0.2, 0.25) is 0 Å². The molecular weight excluding hydrogens is 216 g/mol. The lowest BCUT2D eigenvalue weighted by molar-refractivity contribution is 0.138. The second-order valence-corrected chi connectivity index (χ2v) is 6.66. The van der Waals surface area contributed by atoms with Crippen molar-refractivity contribution in [1.82, 2.24) is 10.2 Å². The predicted octanol–water partition coefficient (Wildman–Crippen LogP) is 2.59. The molecule has 96 valence electrons. The SMILES string of the molecule is CCC(CNC(C)C)N1CCSC(C)C1C. The molecule has 0 bridgehead atoms. The highest BCUT2D eigenvalue weighted by molar-refractivity contribution is 8.00. The second-order valence-electron chi connectivity index (χ2n) is 5.18. The highest BCUT2D eigenvalue weighted by Crippen LogP contribution is 2.26. The molecule has 2 nitrogen and oxygen atoms in total. The zero-order valence-corrected chi connectivity index (χ0v) is 12.3. The number of hydrogen-bond donors (Lipinski definition) is 1. The van der Waals surface area contributed by atoms with E-state index in [1.807, 2.05) is 0 Å². The third-order valence-electron chi connectivity index (χ3n) is 3.63. The van der Waals surface area contributed by atoms with Gasteiger partial charge in [-0.2, -0.15) is 11.8 Å². The normalized spacial score (nSPS) is 29.6. The van der Waals surface area contributed by atoms with Crippen molar-refractivity contribution in [3.63, 3.8) is 0 Å². The van der Waals surface area contributed by atoms with Crippen LogP contribution in [0, 0.1) is 0 Å². The van der Waals surface area contributed by atoms with Crippen LogP contribution in [0.3, 0.4) is 0 Å². The number of nitrogens with zero attached hydrogens (tertiary/aromatic N) is 1. The summed E-state index contributed by atoms with van der Waals surface area (Å²) in [5.74, 6) is 1.30. The number of rotatable bonds is 5. The molecule has 1 aliphatic heterocycles. The molecule has 1 fully saturated rings. The summed E-state index contributed by atoms with van der Waals surface area (Å²) in [4.78, 5) is 2.70. The van der Waals surface area contributed by atoms with Crippen LogP contribution >= 0.6 is 11.8 Å². The highest BCUT2D eigenvalue weighted by Gasteiger charge is 2.29. The third kappa shape index (κ3) is 3.94. The van der Waals surface area contributed by atoms with Crippen molar-refractivity contribution in [2.24, 2.45) is 0 Å². The third-order valence-corrected chi connectivity index (χ3v) is 4.97. The molecule has 0 radical (unpaired) electrons. The van der Waals surface area contributed by atoms with E-state index in [0.29, 0.717) is 12.1 Å². The summed E-state index contributed by atoms with van der Waals surface area (Å²) in [5.41, 5.74) is 0. The van der Waals surface area contributed by atoms with Gasteiger partial charge < -0.3 is 5.32 Å². The van der Waals surface area contributed by atoms with Gasteiger partial charge in [0.2, 0.25) is 0 Å². The molecule has 1 saturated heterocycles. The van der Waals surface area contributed by atoms with Crippen LogP contribution in [0.4, 0.5) is 0 Å². The second kappa shape index (κ2) is 6.87. The molecule has 0 aromatic rings. The maximum absolute atomic E-state index is 3.58. The van der Waals surface area contributed by atoms with Crippen LogP contribution in [0.1, 0.15) is 41.0 Å². The van der Waals surface area contributed by atoms with Crippen LogP contribution < -0.4 is 5.32 Å². The topological polar surface area (TPSA) is 15.3 Å². The molecular formula is C13H28N2S. The Hall–Kier alpha value is 0.270. The largest absolute Gasteiger partial charge is 0.313 e. The molecule has 1 aliphatic rings. The van der Waals surface area contributed by atoms with Crippen molar-refractivity contribution in [2.75, 3.05) is 18.8 Å². The van der Waals surface area contributed by atoms with Crippen molar-refractivity contribution in [3.05, 3.63) is 0 Å². The van der Waals surface area contributed by atoms with Crippen molar-refractivity contribution in [2.45, 2.75) is 64.4 Å². The first-order valence-corrected chi connectivity index (χ1v) is 7.71. The Labute approximate surface area is 106 Å². The van der Waals surface area contributed by atoms with Gasteiger partial charge in [-0.1, -0.05) is 27.7 Å². The van der Waals surface area contributed by atoms with E-state index in [9.17, 15) is 0 Å². The molecule has 0 aliphatic carbocycles. The van der Waals surface area contributed by atoms with Crippen molar-refractivity contribution in [3.8, 4) is 0 Å². The summed E-state index contributed by atoms with van der Waals surface area (Å²) in [7, 11) is 0. The minimum Gasteiger partial charge on any atom is -0.313 e. The van der Waals surface area contributed by atoms with Crippen LogP contribution in [0.5, 0.6) is 0 Å². The van der Waals surface area contributed by atoms with E-state index < -0.39 is 0 Å². The minimum atomic E-state index is 0.598. The maximum Gasteiger partial charge on any atom is 0.0221 e. The van der Waals surface area contributed by atoms with Gasteiger partial charge in [0.1, 0.15) is 0 Å². The quantitative estimate of drug-likeness (QED) is 0.800. The van der Waals surface area contributed by atoms with Crippen LogP contribution in [-0.2, 0) is 0 Å². The summed E-state index contributed by atoms with van der Waals surface area (Å²) in [6.45, 7) is 13.9. The van der Waals surface area contributed by atoms with E-state index in [0.717, 1.165) is 17.8 Å². The van der Waals surface area contributed by atoms with Gasteiger partial charge in [0.05, 0.1) is 0 Å². The fourth-order valence-corrected chi connectivity index (χ4v) is 3.46. The molecule has 0 amide bonds. The van der Waals surface area contributed by atoms with Crippen molar-refractivity contribution in [1.29, 1.82) is 0 Å². The zero-order valence-electron chi connectivity index (χ0n) is 11.5. The zero-order chi connectivity index (χ0) is 12.1. The van der Waals surface area contributed by atoms with Gasteiger partial charge in [-0.05, 0) is 13.3 Å². The van der Waals surface area contributed by atoms with E-state index in [-0.39, 0.29) is 0 Å². The lowest BCUT2D eigenvalue weighted by Gasteiger charge is -2.42. The number of hydrogen-bond acceptors (Lipinski definition) is 3. The van der Waals surface area contributed by atoms with Gasteiger partial charge in [0.15, 0.2) is 0 Å². The molecule has 0 aromatic carbocycles. The molecule has 0 spiro atoms. The van der Waals surface area contributed by atoms with Gasteiger partial charge in [-0.15, -0.1) is 0 Å². The summed E-state index contributed by atoms with van der Waals surface area (Å²) < 4.78 is 0. The van der Waals surface area contributed by atoms with E-state index in [4.69, 9.17) is 0 Å². The first-order chi connectivity index (χ1) is 7.56. The van der Waals surface area contributed by atoms with Gasteiger partial charge >= 0.3 is 0 Å². The summed E-state index contributed by atoms with van der Waals surface area (Å²) >= 11 is 2.12. The Morgan fingerprint density at radius 2 is 2.06 bits per heavy atom. The first-order valence-electron chi connectivity index (χ1n) is 6.67. The molecule has 1 N–H and O–H groups in total. The molecule has 3 unspecified atom stereocenters. The summed E-state index contributed by atoms with van der Waals surface area (Å²) in [5, 5.41) is 4.36. The molecule has 3 heteroatoms. The first kappa shape index (κ1) is 14.3. The molecule has 1 heterocycles. The Balaban J connectivity index is 2.50. The lowest BCUT2D eigenvalue weighted by atomic mass is 10.1. The number of nitrogens with one attached hydrogen (secondary N) is 1. The van der Waals surface area contributed by atoms with Crippen LogP contribution in [-0.4, -0.2) is 47.1 Å². The standard InChI is InChI=1S/C13H28N2S/c1-6-13(9-14-10(2)3)15-7-8-16-12(5)11(15)4/h10-14H,6-9H2,1-5H3. The fraction of sp³-hybridized carbons (Fsp3) is 1.00. The average Bonchev–Trinajstić information content (AvgIpc) is 2.24.